The van der Waals surface area contributed by atoms with Gasteiger partial charge in [0.2, 0.25) is 0 Å². The second kappa shape index (κ2) is 9.45. The molecule has 0 saturated carbocycles. The SMILES string of the molecule is COCCS(=O)(=O)c1ccc(C(=O)NCC2(COC)CCNCC2)cc1. The van der Waals surface area contributed by atoms with Gasteiger partial charge in [-0.25, -0.2) is 8.42 Å². The van der Waals surface area contributed by atoms with Gasteiger partial charge < -0.3 is 20.1 Å². The van der Waals surface area contributed by atoms with Crippen LogP contribution in [0.4, 0.5) is 0 Å². The molecule has 8 heteroatoms. The van der Waals surface area contributed by atoms with E-state index in [2.05, 4.69) is 10.6 Å². The first-order chi connectivity index (χ1) is 12.4. The van der Waals surface area contributed by atoms with E-state index < -0.39 is 9.84 Å². The van der Waals surface area contributed by atoms with Gasteiger partial charge in [0.25, 0.3) is 5.91 Å². The minimum Gasteiger partial charge on any atom is -0.384 e. The number of hydrogen-bond donors (Lipinski definition) is 2. The molecule has 0 aromatic heterocycles. The van der Waals surface area contributed by atoms with Crippen molar-refractivity contribution < 1.29 is 22.7 Å². The third-order valence-electron chi connectivity index (χ3n) is 4.77. The van der Waals surface area contributed by atoms with Crippen molar-refractivity contribution in [1.29, 1.82) is 0 Å². The predicted molar refractivity (Wildman–Crippen MR) is 99.1 cm³/mol. The molecule has 0 radical (unpaired) electrons. The predicted octanol–water partition coefficient (Wildman–Crippen LogP) is 0.853. The summed E-state index contributed by atoms with van der Waals surface area (Å²) in [5, 5.41) is 6.29. The van der Waals surface area contributed by atoms with Crippen LogP contribution in [-0.2, 0) is 19.3 Å². The molecule has 26 heavy (non-hydrogen) atoms. The zero-order valence-corrected chi connectivity index (χ0v) is 16.2. The highest BCUT2D eigenvalue weighted by atomic mass is 32.2. The molecule has 1 saturated heterocycles. The first-order valence-electron chi connectivity index (χ1n) is 8.72. The fourth-order valence-corrected chi connectivity index (χ4v) is 4.30. The van der Waals surface area contributed by atoms with Crippen LogP contribution in [0.5, 0.6) is 0 Å². The van der Waals surface area contributed by atoms with Gasteiger partial charge in [0.1, 0.15) is 0 Å². The number of rotatable bonds is 9. The van der Waals surface area contributed by atoms with Gasteiger partial charge in [0.15, 0.2) is 9.84 Å². The van der Waals surface area contributed by atoms with Crippen LogP contribution >= 0.6 is 0 Å². The molecule has 0 bridgehead atoms. The number of carbonyl (C=O) groups is 1. The van der Waals surface area contributed by atoms with Gasteiger partial charge in [0, 0.05) is 31.7 Å². The third kappa shape index (κ3) is 5.51. The van der Waals surface area contributed by atoms with Crippen LogP contribution in [0.25, 0.3) is 0 Å². The summed E-state index contributed by atoms with van der Waals surface area (Å²) in [5.41, 5.74) is 0.385. The van der Waals surface area contributed by atoms with Crippen molar-refractivity contribution in [2.45, 2.75) is 17.7 Å². The Labute approximate surface area is 155 Å². The summed E-state index contributed by atoms with van der Waals surface area (Å²) in [6, 6.07) is 6.02. The lowest BCUT2D eigenvalue weighted by Crippen LogP contribution is -2.47. The second-order valence-electron chi connectivity index (χ2n) is 6.70. The lowest BCUT2D eigenvalue weighted by Gasteiger charge is -2.37. The molecule has 146 valence electrons. The first-order valence-corrected chi connectivity index (χ1v) is 10.4. The van der Waals surface area contributed by atoms with E-state index in [0.29, 0.717) is 18.7 Å². The van der Waals surface area contributed by atoms with Gasteiger partial charge in [0.05, 0.1) is 23.9 Å². The highest BCUT2D eigenvalue weighted by molar-refractivity contribution is 7.91. The van der Waals surface area contributed by atoms with Crippen molar-refractivity contribution in [1.82, 2.24) is 10.6 Å². The fourth-order valence-electron chi connectivity index (χ4n) is 3.13. The second-order valence-corrected chi connectivity index (χ2v) is 8.81. The molecule has 7 nitrogen and oxygen atoms in total. The summed E-state index contributed by atoms with van der Waals surface area (Å²) < 4.78 is 34.4. The molecule has 1 aromatic rings. The lowest BCUT2D eigenvalue weighted by atomic mass is 9.79. The van der Waals surface area contributed by atoms with E-state index in [9.17, 15) is 13.2 Å². The minimum absolute atomic E-state index is 0.0565. The summed E-state index contributed by atoms with van der Waals surface area (Å²) in [6.45, 7) is 3.10. The van der Waals surface area contributed by atoms with E-state index >= 15 is 0 Å². The maximum absolute atomic E-state index is 12.4. The summed E-state index contributed by atoms with van der Waals surface area (Å²) in [5.74, 6) is -0.289. The Morgan fingerprint density at radius 2 is 1.81 bits per heavy atom. The normalized spacial score (nSPS) is 17.0. The Hall–Kier alpha value is -1.48. The van der Waals surface area contributed by atoms with Crippen LogP contribution in [0.2, 0.25) is 0 Å². The number of amides is 1. The lowest BCUT2D eigenvalue weighted by molar-refractivity contribution is 0.0511. The molecule has 1 aliphatic rings. The van der Waals surface area contributed by atoms with E-state index in [-0.39, 0.29) is 28.6 Å². The molecule has 1 amide bonds. The Kier molecular flexibility index (Phi) is 7.57. The first kappa shape index (κ1) is 20.8. The number of methoxy groups -OCH3 is 2. The van der Waals surface area contributed by atoms with Gasteiger partial charge >= 0.3 is 0 Å². The molecule has 1 aliphatic heterocycles. The standard InChI is InChI=1S/C18H28N2O5S/c1-24-11-12-26(22,23)16-5-3-15(4-6-16)17(21)20-13-18(14-25-2)7-9-19-10-8-18/h3-6,19H,7-14H2,1-2H3,(H,20,21). The fraction of sp³-hybridized carbons (Fsp3) is 0.611. The number of hydrogen-bond acceptors (Lipinski definition) is 6. The van der Waals surface area contributed by atoms with Crippen LogP contribution in [0.15, 0.2) is 29.2 Å². The zero-order valence-electron chi connectivity index (χ0n) is 15.4. The summed E-state index contributed by atoms with van der Waals surface area (Å²) in [7, 11) is -0.257. The van der Waals surface area contributed by atoms with Gasteiger partial charge in [-0.2, -0.15) is 0 Å². The molecular weight excluding hydrogens is 356 g/mol. The average Bonchev–Trinajstić information content (AvgIpc) is 2.66. The van der Waals surface area contributed by atoms with E-state index in [1.54, 1.807) is 19.2 Å². The maximum Gasteiger partial charge on any atom is 0.251 e. The highest BCUT2D eigenvalue weighted by Crippen LogP contribution is 2.28. The van der Waals surface area contributed by atoms with E-state index in [1.165, 1.54) is 19.2 Å². The van der Waals surface area contributed by atoms with Crippen molar-refractivity contribution in [3.05, 3.63) is 29.8 Å². The Morgan fingerprint density at radius 3 is 2.38 bits per heavy atom. The van der Waals surface area contributed by atoms with Crippen molar-refractivity contribution in [3.63, 3.8) is 0 Å². The van der Waals surface area contributed by atoms with Crippen LogP contribution in [-0.4, -0.2) is 67.1 Å². The quantitative estimate of drug-likeness (QED) is 0.656. The van der Waals surface area contributed by atoms with E-state index in [1.807, 2.05) is 0 Å². The van der Waals surface area contributed by atoms with Crippen molar-refractivity contribution in [2.24, 2.45) is 5.41 Å². The van der Waals surface area contributed by atoms with Gasteiger partial charge in [-0.05, 0) is 50.2 Å². The van der Waals surface area contributed by atoms with Crippen molar-refractivity contribution in [3.8, 4) is 0 Å². The largest absolute Gasteiger partial charge is 0.384 e. The van der Waals surface area contributed by atoms with Gasteiger partial charge in [-0.15, -0.1) is 0 Å². The molecule has 1 fully saturated rings. The average molecular weight is 384 g/mol. The summed E-state index contributed by atoms with van der Waals surface area (Å²) in [6.07, 6.45) is 1.88. The van der Waals surface area contributed by atoms with Crippen LogP contribution in [0.3, 0.4) is 0 Å². The molecule has 0 spiro atoms. The molecule has 2 rings (SSSR count). The van der Waals surface area contributed by atoms with E-state index in [0.717, 1.165) is 25.9 Å². The van der Waals surface area contributed by atoms with Crippen molar-refractivity contribution >= 4 is 15.7 Å². The number of sulfone groups is 1. The van der Waals surface area contributed by atoms with Gasteiger partial charge in [-0.3, -0.25) is 4.79 Å². The maximum atomic E-state index is 12.4. The number of nitrogens with one attached hydrogen (secondary N) is 2. The number of carbonyl (C=O) groups excluding carboxylic acids is 1. The summed E-state index contributed by atoms with van der Waals surface area (Å²) in [4.78, 5) is 12.6. The minimum atomic E-state index is -3.39. The molecular formula is C18H28N2O5S. The third-order valence-corrected chi connectivity index (χ3v) is 6.47. The summed E-state index contributed by atoms with van der Waals surface area (Å²) >= 11 is 0. The van der Waals surface area contributed by atoms with E-state index in [4.69, 9.17) is 9.47 Å². The Morgan fingerprint density at radius 1 is 1.15 bits per heavy atom. The molecule has 1 aromatic carbocycles. The molecule has 0 atom stereocenters. The van der Waals surface area contributed by atoms with Crippen LogP contribution in [0.1, 0.15) is 23.2 Å². The topological polar surface area (TPSA) is 93.7 Å². The Balaban J connectivity index is 1.99. The number of ether oxygens (including phenoxy) is 2. The number of piperidine rings is 1. The number of benzene rings is 1. The monoisotopic (exact) mass is 384 g/mol. The van der Waals surface area contributed by atoms with Gasteiger partial charge in [-0.1, -0.05) is 0 Å². The van der Waals surface area contributed by atoms with Crippen molar-refractivity contribution in [2.75, 3.05) is 52.8 Å². The highest BCUT2D eigenvalue weighted by Gasteiger charge is 2.32. The van der Waals surface area contributed by atoms with Crippen LogP contribution in [0, 0.1) is 5.41 Å². The zero-order chi connectivity index (χ0) is 19.0. The van der Waals surface area contributed by atoms with Crippen LogP contribution < -0.4 is 10.6 Å². The molecule has 0 aliphatic carbocycles. The Bertz CT molecular complexity index is 677. The molecule has 1 heterocycles. The smallest absolute Gasteiger partial charge is 0.251 e. The molecule has 2 N–H and O–H groups in total. The molecule has 0 unspecified atom stereocenters.